The minimum Gasteiger partial charge on any atom is -0.0801 e. The van der Waals surface area contributed by atoms with Crippen LogP contribution in [0.25, 0.3) is 16.7 Å². The number of rotatable bonds is 2. The van der Waals surface area contributed by atoms with E-state index in [2.05, 4.69) is 67.2 Å². The van der Waals surface area contributed by atoms with Crippen molar-refractivity contribution in [1.82, 2.24) is 0 Å². The van der Waals surface area contributed by atoms with Crippen molar-refractivity contribution in [2.45, 2.75) is 37.0 Å². The summed E-state index contributed by atoms with van der Waals surface area (Å²) in [4.78, 5) is 0. The first kappa shape index (κ1) is 13.6. The Morgan fingerprint density at radius 3 is 2.43 bits per heavy atom. The molecule has 1 saturated heterocycles. The lowest BCUT2D eigenvalue weighted by molar-refractivity contribution is 0.848. The molecule has 2 aromatic carbocycles. The van der Waals surface area contributed by atoms with Gasteiger partial charge in [-0.2, -0.15) is 0 Å². The molecule has 1 unspecified atom stereocenters. The quantitative estimate of drug-likeness (QED) is 0.582. The van der Waals surface area contributed by atoms with Crippen molar-refractivity contribution in [3.05, 3.63) is 77.4 Å². The normalized spacial score (nSPS) is 23.2. The maximum Gasteiger partial charge on any atom is 0.0635 e. The lowest BCUT2D eigenvalue weighted by atomic mass is 9.96. The van der Waals surface area contributed by atoms with Gasteiger partial charge in [-0.1, -0.05) is 85.7 Å². The van der Waals surface area contributed by atoms with E-state index in [1.54, 1.807) is 11.1 Å². The predicted octanol–water partition coefficient (Wildman–Crippen LogP) is 6.16. The molecule has 2 aromatic rings. The first-order chi connectivity index (χ1) is 11.3. The van der Waals surface area contributed by atoms with Crippen LogP contribution in [0.4, 0.5) is 0 Å². The van der Waals surface area contributed by atoms with E-state index in [0.29, 0.717) is 5.54 Å². The van der Waals surface area contributed by atoms with Crippen molar-refractivity contribution in [1.29, 1.82) is 0 Å². The Kier molecular flexibility index (Phi) is 2.84. The number of fused-ring (bicyclic) bond motifs is 3. The molecule has 1 heteroatoms. The standard InChI is InChI=1S/C22H22Si/c1-23(14-7-15-23)22-20-11-5-4-10-18(20)19-13-6-12-17(21(19)22)16-8-2-3-9-16/h2,4-6,8-13,22H,3,7,14-15H2,1H3. The van der Waals surface area contributed by atoms with Gasteiger partial charge in [0, 0.05) is 5.54 Å². The lowest BCUT2D eigenvalue weighted by Gasteiger charge is -2.43. The molecule has 1 atom stereocenters. The average molecular weight is 315 g/mol. The first-order valence-corrected chi connectivity index (χ1v) is 11.9. The summed E-state index contributed by atoms with van der Waals surface area (Å²) in [6.07, 6.45) is 9.53. The Morgan fingerprint density at radius 1 is 0.913 bits per heavy atom. The smallest absolute Gasteiger partial charge is 0.0635 e. The van der Waals surface area contributed by atoms with Gasteiger partial charge in [-0.15, -0.1) is 0 Å². The summed E-state index contributed by atoms with van der Waals surface area (Å²) in [5, 5.41) is 0. The molecule has 1 fully saturated rings. The molecule has 114 valence electrons. The van der Waals surface area contributed by atoms with Gasteiger partial charge in [-0.25, -0.2) is 0 Å². The third kappa shape index (κ3) is 1.83. The van der Waals surface area contributed by atoms with Crippen LogP contribution < -0.4 is 0 Å². The molecule has 0 bridgehead atoms. The van der Waals surface area contributed by atoms with Gasteiger partial charge in [0.15, 0.2) is 0 Å². The van der Waals surface area contributed by atoms with Gasteiger partial charge in [-0.3, -0.25) is 0 Å². The summed E-state index contributed by atoms with van der Waals surface area (Å²) >= 11 is 0. The second-order valence-electron chi connectivity index (χ2n) is 7.59. The van der Waals surface area contributed by atoms with Crippen LogP contribution in [0.2, 0.25) is 18.6 Å². The molecule has 0 saturated carbocycles. The van der Waals surface area contributed by atoms with E-state index in [1.165, 1.54) is 40.8 Å². The van der Waals surface area contributed by atoms with E-state index in [-0.39, 0.29) is 0 Å². The Bertz CT molecular complexity index is 852. The van der Waals surface area contributed by atoms with Gasteiger partial charge in [-0.05, 0) is 39.8 Å². The van der Waals surface area contributed by atoms with Gasteiger partial charge in [0.1, 0.15) is 0 Å². The van der Waals surface area contributed by atoms with Gasteiger partial charge < -0.3 is 0 Å². The van der Waals surface area contributed by atoms with Crippen LogP contribution in [0.5, 0.6) is 0 Å². The Morgan fingerprint density at radius 2 is 1.70 bits per heavy atom. The molecule has 1 aliphatic heterocycles. The van der Waals surface area contributed by atoms with E-state index in [9.17, 15) is 0 Å². The van der Waals surface area contributed by atoms with Gasteiger partial charge in [0.05, 0.1) is 8.07 Å². The van der Waals surface area contributed by atoms with E-state index in [1.807, 2.05) is 0 Å². The Hall–Kier alpha value is -1.86. The summed E-state index contributed by atoms with van der Waals surface area (Å²) in [6, 6.07) is 19.1. The second kappa shape index (κ2) is 4.81. The highest BCUT2D eigenvalue weighted by atomic mass is 28.3. The van der Waals surface area contributed by atoms with Crippen LogP contribution in [-0.4, -0.2) is 8.07 Å². The van der Waals surface area contributed by atoms with E-state index >= 15 is 0 Å². The van der Waals surface area contributed by atoms with Crippen molar-refractivity contribution in [3.8, 4) is 11.1 Å². The third-order valence-corrected chi connectivity index (χ3v) is 11.2. The molecule has 2 aliphatic carbocycles. The monoisotopic (exact) mass is 314 g/mol. The number of benzene rings is 2. The average Bonchev–Trinajstić information content (AvgIpc) is 3.19. The van der Waals surface area contributed by atoms with Crippen LogP contribution in [0.1, 0.15) is 35.1 Å². The maximum absolute atomic E-state index is 2.64. The summed E-state index contributed by atoms with van der Waals surface area (Å²) < 4.78 is 0. The molecule has 0 amide bonds. The van der Waals surface area contributed by atoms with Crippen LogP contribution in [0.15, 0.2) is 60.7 Å². The van der Waals surface area contributed by atoms with Crippen LogP contribution in [-0.2, 0) is 0 Å². The molecule has 0 radical (unpaired) electrons. The Labute approximate surface area is 139 Å². The molecular formula is C22H22Si. The molecule has 0 nitrogen and oxygen atoms in total. The summed E-state index contributed by atoms with van der Waals surface area (Å²) in [5.74, 6) is 0. The van der Waals surface area contributed by atoms with E-state index in [0.717, 1.165) is 6.42 Å². The molecule has 1 heterocycles. The molecule has 3 aliphatic rings. The maximum atomic E-state index is 2.64. The Balaban J connectivity index is 1.79. The van der Waals surface area contributed by atoms with Crippen molar-refractivity contribution in [3.63, 3.8) is 0 Å². The van der Waals surface area contributed by atoms with Crippen molar-refractivity contribution in [2.24, 2.45) is 0 Å². The molecule has 23 heavy (non-hydrogen) atoms. The van der Waals surface area contributed by atoms with Crippen LogP contribution in [0, 0.1) is 0 Å². The summed E-state index contributed by atoms with van der Waals surface area (Å²) in [5.41, 5.74) is 9.91. The largest absolute Gasteiger partial charge is 0.0801 e. The minimum absolute atomic E-state index is 0.702. The second-order valence-corrected chi connectivity index (χ2v) is 12.5. The zero-order valence-electron chi connectivity index (χ0n) is 13.7. The molecule has 0 spiro atoms. The van der Waals surface area contributed by atoms with Crippen LogP contribution >= 0.6 is 0 Å². The third-order valence-electron chi connectivity index (χ3n) is 6.23. The number of hydrogen-bond donors (Lipinski definition) is 0. The fourth-order valence-electron chi connectivity index (χ4n) is 4.92. The molecule has 5 rings (SSSR count). The predicted molar refractivity (Wildman–Crippen MR) is 101 cm³/mol. The fraction of sp³-hybridized carbons (Fsp3) is 0.273. The van der Waals surface area contributed by atoms with Crippen molar-refractivity contribution >= 4 is 13.6 Å². The van der Waals surface area contributed by atoms with E-state index in [4.69, 9.17) is 0 Å². The minimum atomic E-state index is -1.20. The lowest BCUT2D eigenvalue weighted by Crippen LogP contribution is -2.44. The zero-order chi connectivity index (χ0) is 15.4. The summed E-state index contributed by atoms with van der Waals surface area (Å²) in [6.45, 7) is 2.64. The highest BCUT2D eigenvalue weighted by Gasteiger charge is 2.48. The zero-order valence-corrected chi connectivity index (χ0v) is 14.7. The topological polar surface area (TPSA) is 0 Å². The SMILES string of the molecule is C[Si]1(C2c3ccccc3-c3cccc(C4=CCC=C4)c32)CCC1. The van der Waals surface area contributed by atoms with Gasteiger partial charge in [0.25, 0.3) is 0 Å². The highest BCUT2D eigenvalue weighted by Crippen LogP contribution is 2.56. The number of allylic oxidation sites excluding steroid dienone is 4. The molecule has 0 N–H and O–H groups in total. The van der Waals surface area contributed by atoms with Crippen LogP contribution in [0.3, 0.4) is 0 Å². The number of hydrogen-bond acceptors (Lipinski definition) is 0. The van der Waals surface area contributed by atoms with Crippen molar-refractivity contribution < 1.29 is 0 Å². The van der Waals surface area contributed by atoms with Gasteiger partial charge >= 0.3 is 0 Å². The highest BCUT2D eigenvalue weighted by molar-refractivity contribution is 6.83. The fourth-order valence-corrected chi connectivity index (χ4v) is 8.97. The summed E-state index contributed by atoms with van der Waals surface area (Å²) in [7, 11) is -1.20. The molecular weight excluding hydrogens is 292 g/mol. The molecule has 0 aromatic heterocycles. The van der Waals surface area contributed by atoms with Gasteiger partial charge in [0.2, 0.25) is 0 Å². The van der Waals surface area contributed by atoms with E-state index < -0.39 is 8.07 Å². The first-order valence-electron chi connectivity index (χ1n) is 8.87. The van der Waals surface area contributed by atoms with Crippen molar-refractivity contribution in [2.75, 3.05) is 0 Å².